The van der Waals surface area contributed by atoms with Crippen LogP contribution < -0.4 is 10.1 Å². The molecule has 0 saturated heterocycles. The van der Waals surface area contributed by atoms with E-state index in [-0.39, 0.29) is 0 Å². The van der Waals surface area contributed by atoms with Gasteiger partial charge in [0.1, 0.15) is 18.5 Å². The van der Waals surface area contributed by atoms with Crippen molar-refractivity contribution in [2.24, 2.45) is 5.92 Å². The first kappa shape index (κ1) is 16.0. The first-order valence-corrected chi connectivity index (χ1v) is 7.10. The van der Waals surface area contributed by atoms with Gasteiger partial charge in [-0.3, -0.25) is 0 Å². The van der Waals surface area contributed by atoms with Gasteiger partial charge in [0.2, 0.25) is 0 Å². The molecule has 3 heteroatoms. The third-order valence-corrected chi connectivity index (χ3v) is 2.92. The normalized spacial score (nSPS) is 13.0. The molecule has 108 valence electrons. The Morgan fingerprint density at radius 3 is 2.21 bits per heavy atom. The fourth-order valence-corrected chi connectivity index (χ4v) is 1.74. The minimum Gasteiger partial charge on any atom is -0.491 e. The van der Waals surface area contributed by atoms with Crippen molar-refractivity contribution in [1.29, 1.82) is 0 Å². The van der Waals surface area contributed by atoms with Gasteiger partial charge < -0.3 is 15.2 Å². The molecule has 0 aromatic heterocycles. The Balaban J connectivity index is 2.27. The van der Waals surface area contributed by atoms with Crippen molar-refractivity contribution in [1.82, 2.24) is 5.32 Å². The predicted octanol–water partition coefficient (Wildman–Crippen LogP) is 2.80. The van der Waals surface area contributed by atoms with E-state index in [1.54, 1.807) is 0 Å². The number of benzene rings is 1. The first-order chi connectivity index (χ1) is 8.99. The lowest BCUT2D eigenvalue weighted by molar-refractivity contribution is 0.106. The SMILES string of the molecule is CC(C)CNC[C@@H](O)COc1ccc(C(C)C)cc1. The van der Waals surface area contributed by atoms with Gasteiger partial charge >= 0.3 is 0 Å². The summed E-state index contributed by atoms with van der Waals surface area (Å²) in [4.78, 5) is 0. The molecule has 0 bridgehead atoms. The van der Waals surface area contributed by atoms with Crippen LogP contribution in [0.3, 0.4) is 0 Å². The molecule has 19 heavy (non-hydrogen) atoms. The zero-order chi connectivity index (χ0) is 14.3. The number of ether oxygens (including phenoxy) is 1. The van der Waals surface area contributed by atoms with Crippen LogP contribution in [0.25, 0.3) is 0 Å². The Hall–Kier alpha value is -1.06. The molecule has 1 rings (SSSR count). The van der Waals surface area contributed by atoms with Crippen LogP contribution in [-0.4, -0.2) is 30.9 Å². The van der Waals surface area contributed by atoms with Gasteiger partial charge in [0, 0.05) is 6.54 Å². The van der Waals surface area contributed by atoms with Gasteiger partial charge in [0.05, 0.1) is 0 Å². The van der Waals surface area contributed by atoms with Gasteiger partial charge in [0.15, 0.2) is 0 Å². The molecule has 0 aliphatic carbocycles. The van der Waals surface area contributed by atoms with E-state index in [0.717, 1.165) is 12.3 Å². The van der Waals surface area contributed by atoms with Gasteiger partial charge in [-0.05, 0) is 36.1 Å². The highest BCUT2D eigenvalue weighted by molar-refractivity contribution is 5.28. The van der Waals surface area contributed by atoms with E-state index in [0.29, 0.717) is 25.0 Å². The summed E-state index contributed by atoms with van der Waals surface area (Å²) in [6, 6.07) is 8.07. The minimum absolute atomic E-state index is 0.326. The quantitative estimate of drug-likeness (QED) is 0.759. The highest BCUT2D eigenvalue weighted by atomic mass is 16.5. The van der Waals surface area contributed by atoms with Gasteiger partial charge in [-0.1, -0.05) is 39.8 Å². The summed E-state index contributed by atoms with van der Waals surface area (Å²) in [6.07, 6.45) is -0.469. The summed E-state index contributed by atoms with van der Waals surface area (Å²) in [6.45, 7) is 10.4. The molecule has 0 aliphatic rings. The van der Waals surface area contributed by atoms with Crippen molar-refractivity contribution >= 4 is 0 Å². The number of aliphatic hydroxyl groups is 1. The van der Waals surface area contributed by atoms with Crippen LogP contribution in [0.15, 0.2) is 24.3 Å². The molecule has 0 fully saturated rings. The number of nitrogens with one attached hydrogen (secondary N) is 1. The maximum Gasteiger partial charge on any atom is 0.119 e. The second-order valence-electron chi connectivity index (χ2n) is 5.74. The summed E-state index contributed by atoms with van der Waals surface area (Å²) >= 11 is 0. The average Bonchev–Trinajstić information content (AvgIpc) is 2.36. The third-order valence-electron chi connectivity index (χ3n) is 2.92. The Morgan fingerprint density at radius 1 is 1.05 bits per heavy atom. The smallest absolute Gasteiger partial charge is 0.119 e. The number of rotatable bonds is 8. The first-order valence-electron chi connectivity index (χ1n) is 7.10. The number of aliphatic hydroxyl groups excluding tert-OH is 1. The molecule has 1 aromatic rings. The predicted molar refractivity (Wildman–Crippen MR) is 79.7 cm³/mol. The van der Waals surface area contributed by atoms with E-state index < -0.39 is 6.10 Å². The van der Waals surface area contributed by atoms with Gasteiger partial charge in [-0.15, -0.1) is 0 Å². The van der Waals surface area contributed by atoms with Crippen LogP contribution >= 0.6 is 0 Å². The van der Waals surface area contributed by atoms with Crippen molar-refractivity contribution in [3.05, 3.63) is 29.8 Å². The Morgan fingerprint density at radius 2 is 1.68 bits per heavy atom. The number of hydrogen-bond acceptors (Lipinski definition) is 3. The molecule has 0 amide bonds. The molecule has 0 heterocycles. The average molecular weight is 265 g/mol. The molecule has 0 saturated carbocycles. The van der Waals surface area contributed by atoms with E-state index in [4.69, 9.17) is 4.74 Å². The maximum absolute atomic E-state index is 9.78. The van der Waals surface area contributed by atoms with Gasteiger partial charge in [0.25, 0.3) is 0 Å². The maximum atomic E-state index is 9.78. The van der Waals surface area contributed by atoms with E-state index in [1.165, 1.54) is 5.56 Å². The minimum atomic E-state index is -0.469. The second kappa shape index (κ2) is 8.18. The van der Waals surface area contributed by atoms with Crippen LogP contribution in [0.1, 0.15) is 39.2 Å². The van der Waals surface area contributed by atoms with Gasteiger partial charge in [-0.25, -0.2) is 0 Å². The summed E-state index contributed by atoms with van der Waals surface area (Å²) in [7, 11) is 0. The molecule has 1 atom stereocenters. The number of hydrogen-bond donors (Lipinski definition) is 2. The zero-order valence-electron chi connectivity index (χ0n) is 12.5. The molecule has 0 radical (unpaired) electrons. The Labute approximate surface area is 117 Å². The molecule has 1 aromatic carbocycles. The molecule has 0 spiro atoms. The van der Waals surface area contributed by atoms with E-state index in [9.17, 15) is 5.11 Å². The van der Waals surface area contributed by atoms with Crippen molar-refractivity contribution in [3.8, 4) is 5.75 Å². The lowest BCUT2D eigenvalue weighted by atomic mass is 10.0. The zero-order valence-corrected chi connectivity index (χ0v) is 12.5. The lowest BCUT2D eigenvalue weighted by Gasteiger charge is -2.14. The third kappa shape index (κ3) is 6.60. The van der Waals surface area contributed by atoms with Crippen LogP contribution in [0.4, 0.5) is 0 Å². The monoisotopic (exact) mass is 265 g/mol. The fourth-order valence-electron chi connectivity index (χ4n) is 1.74. The fraction of sp³-hybridized carbons (Fsp3) is 0.625. The van der Waals surface area contributed by atoms with Crippen molar-refractivity contribution in [2.45, 2.75) is 39.7 Å². The van der Waals surface area contributed by atoms with Crippen LogP contribution in [-0.2, 0) is 0 Å². The largest absolute Gasteiger partial charge is 0.491 e. The summed E-state index contributed by atoms with van der Waals surface area (Å²) < 4.78 is 5.57. The summed E-state index contributed by atoms with van der Waals surface area (Å²) in [5.41, 5.74) is 1.30. The Bertz CT molecular complexity index is 346. The van der Waals surface area contributed by atoms with Crippen LogP contribution in [0.2, 0.25) is 0 Å². The molecule has 0 unspecified atom stereocenters. The Kier molecular flexibility index (Phi) is 6.89. The van der Waals surface area contributed by atoms with Crippen molar-refractivity contribution in [2.75, 3.05) is 19.7 Å². The molecule has 0 aliphatic heterocycles. The van der Waals surface area contributed by atoms with Crippen molar-refractivity contribution < 1.29 is 9.84 Å². The summed E-state index contributed by atoms with van der Waals surface area (Å²) in [5, 5.41) is 13.0. The molecular weight excluding hydrogens is 238 g/mol. The van der Waals surface area contributed by atoms with Crippen LogP contribution in [0.5, 0.6) is 5.75 Å². The lowest BCUT2D eigenvalue weighted by Crippen LogP contribution is -2.33. The highest BCUT2D eigenvalue weighted by Gasteiger charge is 2.06. The van der Waals surface area contributed by atoms with E-state index in [2.05, 4.69) is 45.1 Å². The topological polar surface area (TPSA) is 41.5 Å². The van der Waals surface area contributed by atoms with Gasteiger partial charge in [-0.2, -0.15) is 0 Å². The molecule has 2 N–H and O–H groups in total. The summed E-state index contributed by atoms with van der Waals surface area (Å²) in [5.74, 6) is 1.93. The molecule has 3 nitrogen and oxygen atoms in total. The second-order valence-corrected chi connectivity index (χ2v) is 5.74. The van der Waals surface area contributed by atoms with E-state index >= 15 is 0 Å². The highest BCUT2D eigenvalue weighted by Crippen LogP contribution is 2.18. The van der Waals surface area contributed by atoms with Crippen LogP contribution in [0, 0.1) is 5.92 Å². The van der Waals surface area contributed by atoms with E-state index in [1.807, 2.05) is 12.1 Å². The standard InChI is InChI=1S/C16H27NO2/c1-12(2)9-17-10-15(18)11-19-16-7-5-14(6-8-16)13(3)4/h5-8,12-13,15,17-18H,9-11H2,1-4H3/t15-/m1/s1. The molecular formula is C16H27NO2. The van der Waals surface area contributed by atoms with Crippen molar-refractivity contribution in [3.63, 3.8) is 0 Å².